The van der Waals surface area contributed by atoms with Gasteiger partial charge in [0, 0.05) is 30.0 Å². The first kappa shape index (κ1) is 26.9. The Morgan fingerprint density at radius 2 is 1.66 bits per heavy atom. The predicted octanol–water partition coefficient (Wildman–Crippen LogP) is 5.82. The van der Waals surface area contributed by atoms with Crippen molar-refractivity contribution in [3.8, 4) is 17.2 Å². The molecule has 200 valence electrons. The number of methoxy groups -OCH3 is 2. The Balaban J connectivity index is 1.44. The van der Waals surface area contributed by atoms with Crippen LogP contribution in [0.1, 0.15) is 43.4 Å². The summed E-state index contributed by atoms with van der Waals surface area (Å²) in [7, 11) is 3.20. The Morgan fingerprint density at radius 1 is 0.974 bits per heavy atom. The number of hydrogen-bond acceptors (Lipinski definition) is 5. The molecule has 0 aromatic heterocycles. The molecule has 0 saturated heterocycles. The first-order valence-electron chi connectivity index (χ1n) is 12.7. The summed E-state index contributed by atoms with van der Waals surface area (Å²) >= 11 is 0. The zero-order valence-corrected chi connectivity index (χ0v) is 22.5. The average Bonchev–Trinajstić information content (AvgIpc) is 3.02. The fourth-order valence-corrected chi connectivity index (χ4v) is 4.41. The zero-order chi connectivity index (χ0) is 27.2. The van der Waals surface area contributed by atoms with E-state index < -0.39 is 6.10 Å². The minimum absolute atomic E-state index is 0.0845. The molecule has 3 aromatic rings. The molecular weight excluding hydrogens is 482 g/mol. The molecule has 1 aliphatic heterocycles. The highest BCUT2D eigenvalue weighted by atomic mass is 16.5. The standard InChI is InChI=1S/C30H35N3O5/c1-19(2)22-7-9-24(10-8-22)31-30(35)32-25-11-13-26-23(17-25)18-33(29(34)20(3)38-26)15-14-21-6-12-27(36-4)28(16-21)37-5/h6-13,16-17,19-20H,14-15,18H2,1-5H3,(H2,31,32,35)/t20-/m0/s1. The third-order valence-corrected chi connectivity index (χ3v) is 6.60. The number of urea groups is 1. The van der Waals surface area contributed by atoms with E-state index in [0.717, 1.165) is 11.1 Å². The number of amides is 3. The summed E-state index contributed by atoms with van der Waals surface area (Å²) in [6.45, 7) is 6.89. The van der Waals surface area contributed by atoms with Gasteiger partial charge in [0.1, 0.15) is 5.75 Å². The molecule has 38 heavy (non-hydrogen) atoms. The minimum atomic E-state index is -0.613. The predicted molar refractivity (Wildman–Crippen MR) is 148 cm³/mol. The lowest BCUT2D eigenvalue weighted by Gasteiger charge is -2.22. The molecule has 3 amide bonds. The van der Waals surface area contributed by atoms with Gasteiger partial charge in [0.25, 0.3) is 5.91 Å². The molecule has 3 aromatic carbocycles. The summed E-state index contributed by atoms with van der Waals surface area (Å²) in [5.41, 5.74) is 4.40. The molecule has 0 unspecified atom stereocenters. The van der Waals surface area contributed by atoms with Crippen LogP contribution in [0.5, 0.6) is 17.2 Å². The second-order valence-corrected chi connectivity index (χ2v) is 9.64. The smallest absolute Gasteiger partial charge is 0.323 e. The van der Waals surface area contributed by atoms with Crippen LogP contribution in [0.4, 0.5) is 16.2 Å². The molecule has 0 radical (unpaired) electrons. The molecule has 8 heteroatoms. The summed E-state index contributed by atoms with van der Waals surface area (Å²) in [5, 5.41) is 5.74. The summed E-state index contributed by atoms with van der Waals surface area (Å²) in [6.07, 6.45) is 0.0296. The quantitative estimate of drug-likeness (QED) is 0.393. The van der Waals surface area contributed by atoms with Crippen LogP contribution in [0.2, 0.25) is 0 Å². The van der Waals surface area contributed by atoms with Gasteiger partial charge >= 0.3 is 6.03 Å². The Kier molecular flexibility index (Phi) is 8.41. The fourth-order valence-electron chi connectivity index (χ4n) is 4.41. The highest BCUT2D eigenvalue weighted by Crippen LogP contribution is 2.30. The second-order valence-electron chi connectivity index (χ2n) is 9.64. The fraction of sp³-hybridized carbons (Fsp3) is 0.333. The normalized spacial score (nSPS) is 14.8. The molecule has 2 N–H and O–H groups in total. The third kappa shape index (κ3) is 6.37. The van der Waals surface area contributed by atoms with E-state index in [9.17, 15) is 9.59 Å². The van der Waals surface area contributed by atoms with Crippen LogP contribution < -0.4 is 24.8 Å². The van der Waals surface area contributed by atoms with Crippen molar-refractivity contribution < 1.29 is 23.8 Å². The number of fused-ring (bicyclic) bond motifs is 1. The van der Waals surface area contributed by atoms with Gasteiger partial charge in [-0.1, -0.05) is 32.0 Å². The lowest BCUT2D eigenvalue weighted by molar-refractivity contribution is -0.137. The highest BCUT2D eigenvalue weighted by molar-refractivity contribution is 5.99. The highest BCUT2D eigenvalue weighted by Gasteiger charge is 2.28. The molecule has 0 bridgehead atoms. The van der Waals surface area contributed by atoms with Crippen molar-refractivity contribution >= 4 is 23.3 Å². The van der Waals surface area contributed by atoms with Gasteiger partial charge in [0.15, 0.2) is 17.6 Å². The number of nitrogens with zero attached hydrogens (tertiary/aromatic N) is 1. The van der Waals surface area contributed by atoms with Crippen molar-refractivity contribution in [1.29, 1.82) is 0 Å². The molecule has 0 aliphatic carbocycles. The first-order valence-corrected chi connectivity index (χ1v) is 12.7. The molecule has 0 saturated carbocycles. The van der Waals surface area contributed by atoms with E-state index in [1.54, 1.807) is 38.2 Å². The molecule has 4 rings (SSSR count). The Labute approximate surface area is 223 Å². The summed E-state index contributed by atoms with van der Waals surface area (Å²) in [4.78, 5) is 27.5. The number of carbonyl (C=O) groups excluding carboxylic acids is 2. The summed E-state index contributed by atoms with van der Waals surface area (Å²) in [5.74, 6) is 2.29. The second kappa shape index (κ2) is 11.9. The van der Waals surface area contributed by atoms with Crippen molar-refractivity contribution in [1.82, 2.24) is 4.90 Å². The van der Waals surface area contributed by atoms with Crippen molar-refractivity contribution in [3.63, 3.8) is 0 Å². The largest absolute Gasteiger partial charge is 0.493 e. The van der Waals surface area contributed by atoms with Crippen molar-refractivity contribution in [2.75, 3.05) is 31.4 Å². The monoisotopic (exact) mass is 517 g/mol. The van der Waals surface area contributed by atoms with Gasteiger partial charge in [-0.3, -0.25) is 4.79 Å². The number of anilines is 2. The molecule has 1 atom stereocenters. The Morgan fingerprint density at radius 3 is 2.34 bits per heavy atom. The van der Waals surface area contributed by atoms with Crippen LogP contribution in [-0.2, 0) is 17.8 Å². The topological polar surface area (TPSA) is 89.1 Å². The van der Waals surface area contributed by atoms with Gasteiger partial charge in [-0.2, -0.15) is 0 Å². The van der Waals surface area contributed by atoms with Gasteiger partial charge in [-0.15, -0.1) is 0 Å². The van der Waals surface area contributed by atoms with E-state index in [2.05, 4.69) is 24.5 Å². The number of nitrogens with one attached hydrogen (secondary N) is 2. The van der Waals surface area contributed by atoms with Crippen molar-refractivity contribution in [2.24, 2.45) is 0 Å². The zero-order valence-electron chi connectivity index (χ0n) is 22.5. The van der Waals surface area contributed by atoms with Crippen molar-refractivity contribution in [3.05, 3.63) is 77.4 Å². The van der Waals surface area contributed by atoms with Crippen LogP contribution in [0, 0.1) is 0 Å². The van der Waals surface area contributed by atoms with E-state index in [-0.39, 0.29) is 11.9 Å². The maximum absolute atomic E-state index is 13.1. The van der Waals surface area contributed by atoms with Gasteiger partial charge in [-0.25, -0.2) is 4.79 Å². The molecular formula is C30H35N3O5. The van der Waals surface area contributed by atoms with Crippen LogP contribution in [-0.4, -0.2) is 43.7 Å². The summed E-state index contributed by atoms with van der Waals surface area (Å²) in [6, 6.07) is 18.6. The van der Waals surface area contributed by atoms with E-state index in [1.807, 2.05) is 48.5 Å². The van der Waals surface area contributed by atoms with Crippen molar-refractivity contribution in [2.45, 2.75) is 45.8 Å². The maximum atomic E-state index is 13.1. The van der Waals surface area contributed by atoms with Crippen LogP contribution in [0.3, 0.4) is 0 Å². The van der Waals surface area contributed by atoms with E-state index in [0.29, 0.717) is 54.1 Å². The lowest BCUT2D eigenvalue weighted by Crippen LogP contribution is -2.39. The van der Waals surface area contributed by atoms with Gasteiger partial charge in [-0.05, 0) is 72.9 Å². The van der Waals surface area contributed by atoms with Gasteiger partial charge in [0.2, 0.25) is 0 Å². The van der Waals surface area contributed by atoms with Crippen LogP contribution in [0.15, 0.2) is 60.7 Å². The number of ether oxygens (including phenoxy) is 3. The van der Waals surface area contributed by atoms with Gasteiger partial charge in [0.05, 0.1) is 14.2 Å². The van der Waals surface area contributed by atoms with E-state index >= 15 is 0 Å². The molecule has 0 fully saturated rings. The number of benzene rings is 3. The van der Waals surface area contributed by atoms with Crippen LogP contribution in [0.25, 0.3) is 0 Å². The number of hydrogen-bond donors (Lipinski definition) is 2. The first-order chi connectivity index (χ1) is 18.3. The molecule has 1 heterocycles. The maximum Gasteiger partial charge on any atom is 0.323 e. The van der Waals surface area contributed by atoms with Gasteiger partial charge < -0.3 is 29.7 Å². The lowest BCUT2D eigenvalue weighted by atomic mass is 10.0. The Bertz CT molecular complexity index is 1290. The Hall–Kier alpha value is -4.20. The van der Waals surface area contributed by atoms with E-state index in [4.69, 9.17) is 14.2 Å². The molecule has 1 aliphatic rings. The minimum Gasteiger partial charge on any atom is -0.493 e. The average molecular weight is 518 g/mol. The number of carbonyl (C=O) groups is 2. The van der Waals surface area contributed by atoms with E-state index in [1.165, 1.54) is 5.56 Å². The summed E-state index contributed by atoms with van der Waals surface area (Å²) < 4.78 is 16.7. The SMILES string of the molecule is COc1ccc(CCN2Cc3cc(NC(=O)Nc4ccc(C(C)C)cc4)ccc3O[C@@H](C)C2=O)cc1OC. The van der Waals surface area contributed by atoms with Crippen LogP contribution >= 0.6 is 0 Å². The molecule has 8 nitrogen and oxygen atoms in total. The number of rotatable bonds is 8. The third-order valence-electron chi connectivity index (χ3n) is 6.60. The molecule has 0 spiro atoms.